The van der Waals surface area contributed by atoms with E-state index in [1.165, 1.54) is 0 Å². The van der Waals surface area contributed by atoms with E-state index in [0.29, 0.717) is 5.15 Å². The standard InChI is InChI=1S/C11H9ClN2/c1-8-2-7-14-11(12)10(8)9-3-5-13-6-4-9/h2-7H,1H3. The molecule has 2 aromatic rings. The molecule has 0 N–H and O–H groups in total. The molecule has 0 amide bonds. The first-order valence-electron chi connectivity index (χ1n) is 4.30. The van der Waals surface area contributed by atoms with Gasteiger partial charge in [0.25, 0.3) is 0 Å². The van der Waals surface area contributed by atoms with Crippen LogP contribution in [0.25, 0.3) is 11.1 Å². The van der Waals surface area contributed by atoms with Gasteiger partial charge in [-0.1, -0.05) is 11.6 Å². The van der Waals surface area contributed by atoms with Crippen LogP contribution in [0.3, 0.4) is 0 Å². The van der Waals surface area contributed by atoms with E-state index in [2.05, 4.69) is 9.97 Å². The molecule has 0 aliphatic carbocycles. The number of halogens is 1. The van der Waals surface area contributed by atoms with E-state index >= 15 is 0 Å². The molecule has 2 nitrogen and oxygen atoms in total. The summed E-state index contributed by atoms with van der Waals surface area (Å²) < 4.78 is 0. The topological polar surface area (TPSA) is 25.8 Å². The van der Waals surface area contributed by atoms with Gasteiger partial charge < -0.3 is 0 Å². The second-order valence-electron chi connectivity index (χ2n) is 3.03. The van der Waals surface area contributed by atoms with Crippen LogP contribution in [0.1, 0.15) is 5.56 Å². The summed E-state index contributed by atoms with van der Waals surface area (Å²) in [5, 5.41) is 0.538. The quantitative estimate of drug-likeness (QED) is 0.667. The van der Waals surface area contributed by atoms with Crippen molar-refractivity contribution in [3.05, 3.63) is 47.5 Å². The van der Waals surface area contributed by atoms with E-state index < -0.39 is 0 Å². The van der Waals surface area contributed by atoms with Crippen molar-refractivity contribution in [1.82, 2.24) is 9.97 Å². The highest BCUT2D eigenvalue weighted by Gasteiger charge is 2.06. The number of nitrogens with zero attached hydrogens (tertiary/aromatic N) is 2. The first kappa shape index (κ1) is 9.16. The molecule has 0 radical (unpaired) electrons. The molecule has 0 spiro atoms. The second kappa shape index (κ2) is 3.76. The Morgan fingerprint density at radius 3 is 2.43 bits per heavy atom. The summed E-state index contributed by atoms with van der Waals surface area (Å²) in [5.74, 6) is 0. The van der Waals surface area contributed by atoms with Gasteiger partial charge in [-0.2, -0.15) is 0 Å². The zero-order valence-electron chi connectivity index (χ0n) is 7.74. The largest absolute Gasteiger partial charge is 0.265 e. The van der Waals surface area contributed by atoms with Crippen LogP contribution in [-0.4, -0.2) is 9.97 Å². The van der Waals surface area contributed by atoms with E-state index in [1.807, 2.05) is 25.1 Å². The first-order chi connectivity index (χ1) is 6.79. The molecule has 0 bridgehead atoms. The van der Waals surface area contributed by atoms with Gasteiger partial charge in [-0.15, -0.1) is 0 Å². The lowest BCUT2D eigenvalue weighted by atomic mass is 10.0. The van der Waals surface area contributed by atoms with Crippen LogP contribution in [0.5, 0.6) is 0 Å². The van der Waals surface area contributed by atoms with Crippen LogP contribution in [0, 0.1) is 6.92 Å². The summed E-state index contributed by atoms with van der Waals surface area (Å²) >= 11 is 6.03. The van der Waals surface area contributed by atoms with Crippen LogP contribution in [0.2, 0.25) is 5.15 Å². The van der Waals surface area contributed by atoms with Gasteiger partial charge in [0, 0.05) is 24.2 Å². The molecule has 0 saturated heterocycles. The fourth-order valence-electron chi connectivity index (χ4n) is 1.39. The third-order valence-corrected chi connectivity index (χ3v) is 2.37. The summed E-state index contributed by atoms with van der Waals surface area (Å²) in [6.07, 6.45) is 5.21. The number of rotatable bonds is 1. The number of hydrogen-bond donors (Lipinski definition) is 0. The van der Waals surface area contributed by atoms with E-state index in [1.54, 1.807) is 18.6 Å². The molecule has 0 atom stereocenters. The monoisotopic (exact) mass is 204 g/mol. The molecule has 14 heavy (non-hydrogen) atoms. The smallest absolute Gasteiger partial charge is 0.137 e. The highest BCUT2D eigenvalue weighted by atomic mass is 35.5. The summed E-state index contributed by atoms with van der Waals surface area (Å²) in [6.45, 7) is 2.02. The van der Waals surface area contributed by atoms with Gasteiger partial charge in [-0.25, -0.2) is 4.98 Å². The molecular weight excluding hydrogens is 196 g/mol. The van der Waals surface area contributed by atoms with Crippen molar-refractivity contribution in [3.8, 4) is 11.1 Å². The maximum Gasteiger partial charge on any atom is 0.137 e. The normalized spacial score (nSPS) is 10.1. The van der Waals surface area contributed by atoms with Gasteiger partial charge in [0.15, 0.2) is 0 Å². The lowest BCUT2D eigenvalue weighted by Gasteiger charge is -2.06. The second-order valence-corrected chi connectivity index (χ2v) is 3.39. The maximum atomic E-state index is 6.03. The lowest BCUT2D eigenvalue weighted by molar-refractivity contribution is 1.27. The first-order valence-corrected chi connectivity index (χ1v) is 4.68. The molecule has 2 heterocycles. The molecule has 0 fully saturated rings. The predicted octanol–water partition coefficient (Wildman–Crippen LogP) is 3.11. The van der Waals surface area contributed by atoms with Crippen molar-refractivity contribution < 1.29 is 0 Å². The van der Waals surface area contributed by atoms with Gasteiger partial charge in [-0.3, -0.25) is 4.98 Å². The van der Waals surface area contributed by atoms with Crippen molar-refractivity contribution >= 4 is 11.6 Å². The van der Waals surface area contributed by atoms with Crippen LogP contribution in [-0.2, 0) is 0 Å². The number of hydrogen-bond acceptors (Lipinski definition) is 2. The Hall–Kier alpha value is -1.41. The van der Waals surface area contributed by atoms with E-state index in [4.69, 9.17) is 11.6 Å². The summed E-state index contributed by atoms with van der Waals surface area (Å²) in [4.78, 5) is 8.03. The molecule has 0 aliphatic heterocycles. The Morgan fingerprint density at radius 2 is 1.79 bits per heavy atom. The van der Waals surface area contributed by atoms with Crippen LogP contribution >= 0.6 is 11.6 Å². The fraction of sp³-hybridized carbons (Fsp3) is 0.0909. The summed E-state index contributed by atoms with van der Waals surface area (Å²) in [5.41, 5.74) is 3.16. The highest BCUT2D eigenvalue weighted by molar-refractivity contribution is 6.32. The molecule has 70 valence electrons. The van der Waals surface area contributed by atoms with Crippen LogP contribution in [0.4, 0.5) is 0 Å². The third-order valence-electron chi connectivity index (χ3n) is 2.08. The molecule has 0 aliphatic rings. The highest BCUT2D eigenvalue weighted by Crippen LogP contribution is 2.28. The van der Waals surface area contributed by atoms with Crippen molar-refractivity contribution in [2.75, 3.05) is 0 Å². The van der Waals surface area contributed by atoms with Crippen molar-refractivity contribution in [2.24, 2.45) is 0 Å². The Morgan fingerprint density at radius 1 is 1.07 bits per heavy atom. The molecule has 3 heteroatoms. The summed E-state index contributed by atoms with van der Waals surface area (Å²) in [7, 11) is 0. The van der Waals surface area contributed by atoms with Crippen molar-refractivity contribution in [3.63, 3.8) is 0 Å². The molecule has 2 aromatic heterocycles. The van der Waals surface area contributed by atoms with E-state index in [0.717, 1.165) is 16.7 Å². The Balaban J connectivity index is 2.63. The molecule has 2 rings (SSSR count). The van der Waals surface area contributed by atoms with Gasteiger partial charge >= 0.3 is 0 Å². The lowest BCUT2D eigenvalue weighted by Crippen LogP contribution is -1.87. The Kier molecular flexibility index (Phi) is 2.46. The zero-order valence-corrected chi connectivity index (χ0v) is 8.49. The van der Waals surface area contributed by atoms with Crippen molar-refractivity contribution in [1.29, 1.82) is 0 Å². The summed E-state index contributed by atoms with van der Waals surface area (Å²) in [6, 6.07) is 5.80. The third kappa shape index (κ3) is 1.61. The average molecular weight is 205 g/mol. The minimum Gasteiger partial charge on any atom is -0.265 e. The molecule has 0 aromatic carbocycles. The SMILES string of the molecule is Cc1ccnc(Cl)c1-c1ccncc1. The maximum absolute atomic E-state index is 6.03. The average Bonchev–Trinajstić information content (AvgIpc) is 2.19. The van der Waals surface area contributed by atoms with Gasteiger partial charge in [-0.05, 0) is 36.2 Å². The van der Waals surface area contributed by atoms with E-state index in [-0.39, 0.29) is 0 Å². The number of aromatic nitrogens is 2. The zero-order chi connectivity index (χ0) is 9.97. The Bertz CT molecular complexity index is 420. The fourth-order valence-corrected chi connectivity index (χ4v) is 1.70. The van der Waals surface area contributed by atoms with Crippen LogP contribution < -0.4 is 0 Å². The minimum atomic E-state index is 0.538. The van der Waals surface area contributed by atoms with Gasteiger partial charge in [0.05, 0.1) is 0 Å². The van der Waals surface area contributed by atoms with Crippen molar-refractivity contribution in [2.45, 2.75) is 6.92 Å². The number of aryl methyl sites for hydroxylation is 1. The molecule has 0 saturated carbocycles. The van der Waals surface area contributed by atoms with Gasteiger partial charge in [0.1, 0.15) is 5.15 Å². The Labute approximate surface area is 87.6 Å². The number of pyridine rings is 2. The minimum absolute atomic E-state index is 0.538. The van der Waals surface area contributed by atoms with Gasteiger partial charge in [0.2, 0.25) is 0 Å². The molecular formula is C11H9ClN2. The van der Waals surface area contributed by atoms with Crippen LogP contribution in [0.15, 0.2) is 36.8 Å². The predicted molar refractivity (Wildman–Crippen MR) is 57.2 cm³/mol. The molecule has 0 unspecified atom stereocenters. The van der Waals surface area contributed by atoms with E-state index in [9.17, 15) is 0 Å².